The molecule has 4 rings (SSSR count). The largest absolute Gasteiger partial charge is 0.354 e. The molecule has 1 saturated carbocycles. The van der Waals surface area contributed by atoms with E-state index in [4.69, 9.17) is 0 Å². The molecule has 2 unspecified atom stereocenters. The number of hydrogen-bond acceptors (Lipinski definition) is 5. The molecule has 30 heavy (non-hydrogen) atoms. The van der Waals surface area contributed by atoms with Gasteiger partial charge in [0.05, 0.1) is 23.2 Å². The fraction of sp³-hybridized carbons (Fsp3) is 0.524. The Kier molecular flexibility index (Phi) is 5.48. The highest BCUT2D eigenvalue weighted by Crippen LogP contribution is 2.46. The molecule has 9 heteroatoms. The standard InChI is InChI=1S/C21H27N5O3S/c1-13(27)25-12-30-11-17(25)20(29)22-10-14-9-18(21(14,2)3)24-19(28)15-5-4-8-26-16(15)6-7-23-26/h4-8,14,17-18H,9-12H2,1-3H3,(H,22,29)(H,24,28)/t14?,17-,18?/m0/s1. The van der Waals surface area contributed by atoms with E-state index in [0.717, 1.165) is 11.9 Å². The van der Waals surface area contributed by atoms with Crippen LogP contribution in [0.3, 0.4) is 0 Å². The zero-order valence-electron chi connectivity index (χ0n) is 17.4. The first-order valence-corrected chi connectivity index (χ1v) is 11.3. The SMILES string of the molecule is CC(=O)N1CSC[C@H]1C(=O)NCC1CC(NC(=O)c2cccn3nccc23)C1(C)C. The van der Waals surface area contributed by atoms with Crippen LogP contribution in [0.15, 0.2) is 30.6 Å². The van der Waals surface area contributed by atoms with Gasteiger partial charge in [-0.05, 0) is 36.0 Å². The highest BCUT2D eigenvalue weighted by molar-refractivity contribution is 7.99. The molecule has 3 amide bonds. The van der Waals surface area contributed by atoms with Crippen LogP contribution in [0.4, 0.5) is 0 Å². The van der Waals surface area contributed by atoms with Gasteiger partial charge in [0.2, 0.25) is 11.8 Å². The van der Waals surface area contributed by atoms with Gasteiger partial charge in [-0.25, -0.2) is 4.52 Å². The van der Waals surface area contributed by atoms with Crippen molar-refractivity contribution >= 4 is 35.0 Å². The number of rotatable bonds is 5. The molecule has 8 nitrogen and oxygen atoms in total. The van der Waals surface area contributed by atoms with Gasteiger partial charge < -0.3 is 15.5 Å². The van der Waals surface area contributed by atoms with Gasteiger partial charge >= 0.3 is 0 Å². The maximum Gasteiger partial charge on any atom is 0.253 e. The van der Waals surface area contributed by atoms with Crippen LogP contribution in [0.25, 0.3) is 5.52 Å². The van der Waals surface area contributed by atoms with Crippen LogP contribution in [0.1, 0.15) is 37.6 Å². The van der Waals surface area contributed by atoms with Crippen molar-refractivity contribution in [3.63, 3.8) is 0 Å². The van der Waals surface area contributed by atoms with Crippen molar-refractivity contribution in [1.82, 2.24) is 25.1 Å². The maximum atomic E-state index is 12.8. The Morgan fingerprint density at radius 1 is 1.30 bits per heavy atom. The fourth-order valence-corrected chi connectivity index (χ4v) is 5.52. The minimum atomic E-state index is -0.387. The third-order valence-corrected chi connectivity index (χ3v) is 7.58. The van der Waals surface area contributed by atoms with Gasteiger partial charge in [0.25, 0.3) is 5.91 Å². The Morgan fingerprint density at radius 2 is 2.10 bits per heavy atom. The molecule has 3 heterocycles. The lowest BCUT2D eigenvalue weighted by Gasteiger charge is -2.52. The number of carbonyl (C=O) groups excluding carboxylic acids is 3. The summed E-state index contributed by atoms with van der Waals surface area (Å²) < 4.78 is 1.69. The van der Waals surface area contributed by atoms with E-state index in [1.54, 1.807) is 33.4 Å². The number of hydrogen-bond donors (Lipinski definition) is 2. The van der Waals surface area contributed by atoms with Gasteiger partial charge in [-0.1, -0.05) is 13.8 Å². The average molecular weight is 430 g/mol. The molecular formula is C21H27N5O3S. The van der Waals surface area contributed by atoms with Crippen LogP contribution in [-0.2, 0) is 9.59 Å². The minimum Gasteiger partial charge on any atom is -0.354 e. The van der Waals surface area contributed by atoms with Crippen molar-refractivity contribution in [2.45, 2.75) is 39.3 Å². The molecule has 2 aromatic heterocycles. The summed E-state index contributed by atoms with van der Waals surface area (Å²) in [5.74, 6) is 1.20. The van der Waals surface area contributed by atoms with E-state index < -0.39 is 0 Å². The molecule has 2 fully saturated rings. The summed E-state index contributed by atoms with van der Waals surface area (Å²) in [4.78, 5) is 38.7. The monoisotopic (exact) mass is 429 g/mol. The van der Waals surface area contributed by atoms with Crippen molar-refractivity contribution < 1.29 is 14.4 Å². The number of amides is 3. The molecule has 0 radical (unpaired) electrons. The predicted molar refractivity (Wildman–Crippen MR) is 115 cm³/mol. The Labute approximate surface area is 179 Å². The van der Waals surface area contributed by atoms with E-state index >= 15 is 0 Å². The summed E-state index contributed by atoms with van der Waals surface area (Å²) in [5, 5.41) is 10.3. The van der Waals surface area contributed by atoms with E-state index in [9.17, 15) is 14.4 Å². The minimum absolute atomic E-state index is 0.0332. The van der Waals surface area contributed by atoms with Gasteiger partial charge in [-0.15, -0.1) is 11.8 Å². The number of thioether (sulfide) groups is 1. The molecule has 0 bridgehead atoms. The third-order valence-electron chi connectivity index (χ3n) is 6.57. The van der Waals surface area contributed by atoms with Gasteiger partial charge in [0.15, 0.2) is 0 Å². The lowest BCUT2D eigenvalue weighted by Crippen LogP contribution is -2.61. The van der Waals surface area contributed by atoms with Crippen LogP contribution in [0, 0.1) is 11.3 Å². The summed E-state index contributed by atoms with van der Waals surface area (Å²) in [6.07, 6.45) is 4.29. The first-order valence-electron chi connectivity index (χ1n) is 10.1. The van der Waals surface area contributed by atoms with Gasteiger partial charge in [0, 0.05) is 31.5 Å². The molecule has 0 spiro atoms. The highest BCUT2D eigenvalue weighted by Gasteiger charge is 2.49. The van der Waals surface area contributed by atoms with Crippen molar-refractivity contribution in [3.05, 3.63) is 36.2 Å². The van der Waals surface area contributed by atoms with E-state index in [-0.39, 0.29) is 41.1 Å². The second-order valence-corrected chi connectivity index (χ2v) is 9.61. The Bertz CT molecular complexity index is 988. The van der Waals surface area contributed by atoms with Gasteiger partial charge in [-0.3, -0.25) is 14.4 Å². The topological polar surface area (TPSA) is 95.8 Å². The number of fused-ring (bicyclic) bond motifs is 1. The van der Waals surface area contributed by atoms with Gasteiger partial charge in [-0.2, -0.15) is 5.10 Å². The number of pyridine rings is 1. The van der Waals surface area contributed by atoms with Crippen LogP contribution >= 0.6 is 11.8 Å². The lowest BCUT2D eigenvalue weighted by atomic mass is 9.58. The number of nitrogens with zero attached hydrogens (tertiary/aromatic N) is 3. The van der Waals surface area contributed by atoms with E-state index in [1.807, 2.05) is 18.3 Å². The number of carbonyl (C=O) groups is 3. The summed E-state index contributed by atoms with van der Waals surface area (Å²) >= 11 is 1.60. The first kappa shape index (κ1) is 20.7. The van der Waals surface area contributed by atoms with E-state index in [2.05, 4.69) is 29.6 Å². The summed E-state index contributed by atoms with van der Waals surface area (Å²) in [7, 11) is 0. The maximum absolute atomic E-state index is 12.8. The van der Waals surface area contributed by atoms with Crippen molar-refractivity contribution in [2.24, 2.45) is 11.3 Å². The normalized spacial score (nSPS) is 25.0. The zero-order valence-corrected chi connectivity index (χ0v) is 18.2. The highest BCUT2D eigenvalue weighted by atomic mass is 32.2. The molecule has 3 atom stereocenters. The summed E-state index contributed by atoms with van der Waals surface area (Å²) in [6, 6.07) is 5.08. The van der Waals surface area contributed by atoms with Crippen molar-refractivity contribution in [1.29, 1.82) is 0 Å². The summed E-state index contributed by atoms with van der Waals surface area (Å²) in [6.45, 7) is 6.28. The molecular weight excluding hydrogens is 402 g/mol. The molecule has 2 aliphatic rings. The predicted octanol–water partition coefficient (Wildman–Crippen LogP) is 1.52. The number of aromatic nitrogens is 2. The average Bonchev–Trinajstić information content (AvgIpc) is 3.38. The van der Waals surface area contributed by atoms with Crippen molar-refractivity contribution in [2.75, 3.05) is 18.2 Å². The zero-order chi connectivity index (χ0) is 21.5. The molecule has 1 saturated heterocycles. The molecule has 1 aliphatic carbocycles. The lowest BCUT2D eigenvalue weighted by molar-refractivity contribution is -0.136. The Morgan fingerprint density at radius 3 is 2.83 bits per heavy atom. The first-order chi connectivity index (χ1) is 14.3. The van der Waals surface area contributed by atoms with Crippen LogP contribution in [0.5, 0.6) is 0 Å². The number of nitrogens with one attached hydrogen (secondary N) is 2. The van der Waals surface area contributed by atoms with E-state index in [0.29, 0.717) is 23.7 Å². The van der Waals surface area contributed by atoms with Gasteiger partial charge in [0.1, 0.15) is 6.04 Å². The Balaban J connectivity index is 1.33. The second kappa shape index (κ2) is 7.94. The third kappa shape index (κ3) is 3.66. The van der Waals surface area contributed by atoms with Crippen LogP contribution in [0.2, 0.25) is 0 Å². The summed E-state index contributed by atoms with van der Waals surface area (Å²) in [5.41, 5.74) is 1.24. The molecule has 160 valence electrons. The molecule has 2 aromatic rings. The molecule has 1 aliphatic heterocycles. The Hall–Kier alpha value is -2.55. The quantitative estimate of drug-likeness (QED) is 0.751. The van der Waals surface area contributed by atoms with Crippen molar-refractivity contribution in [3.8, 4) is 0 Å². The smallest absolute Gasteiger partial charge is 0.253 e. The molecule has 0 aromatic carbocycles. The second-order valence-electron chi connectivity index (χ2n) is 8.61. The van der Waals surface area contributed by atoms with Crippen LogP contribution < -0.4 is 10.6 Å². The molecule has 2 N–H and O–H groups in total. The van der Waals surface area contributed by atoms with E-state index in [1.165, 1.54) is 6.92 Å². The fourth-order valence-electron chi connectivity index (χ4n) is 4.30. The van der Waals surface area contributed by atoms with Crippen LogP contribution in [-0.4, -0.2) is 62.5 Å².